The molecule has 0 saturated carbocycles. The molecule has 0 aliphatic carbocycles. The number of hydrogen-bond acceptors (Lipinski definition) is 6. The molecule has 144 valence electrons. The maximum absolute atomic E-state index is 11.9. The van der Waals surface area contributed by atoms with E-state index in [1.54, 1.807) is 12.1 Å². The van der Waals surface area contributed by atoms with Crippen molar-refractivity contribution in [2.24, 2.45) is 0 Å². The van der Waals surface area contributed by atoms with Crippen molar-refractivity contribution in [1.29, 1.82) is 0 Å². The first kappa shape index (κ1) is 18.1. The maximum Gasteiger partial charge on any atom is 0.225 e. The average molecular weight is 369 g/mol. The first-order chi connectivity index (χ1) is 13.2. The van der Waals surface area contributed by atoms with Crippen molar-refractivity contribution >= 4 is 5.95 Å². The number of hydrogen-bond donors (Lipinski definition) is 1. The minimum atomic E-state index is 0.0873. The number of anilines is 1. The molecule has 2 aliphatic rings. The number of rotatable bonds is 4. The number of piperidine rings is 1. The zero-order valence-corrected chi connectivity index (χ0v) is 15.9. The van der Waals surface area contributed by atoms with E-state index in [1.165, 1.54) is 0 Å². The molecule has 1 unspecified atom stereocenters. The van der Waals surface area contributed by atoms with Crippen molar-refractivity contribution in [2.45, 2.75) is 32.2 Å². The topological polar surface area (TPSA) is 74.3 Å². The monoisotopic (exact) mass is 369 g/mol. The van der Waals surface area contributed by atoms with Crippen molar-refractivity contribution < 1.29 is 4.74 Å². The third-order valence-corrected chi connectivity index (χ3v) is 5.32. The van der Waals surface area contributed by atoms with Gasteiger partial charge >= 0.3 is 0 Å². The van der Waals surface area contributed by atoms with E-state index in [4.69, 9.17) is 9.72 Å². The lowest BCUT2D eigenvalue weighted by molar-refractivity contribution is 0.122. The molecule has 4 rings (SSSR count). The van der Waals surface area contributed by atoms with Crippen LogP contribution in [0.3, 0.4) is 0 Å². The van der Waals surface area contributed by atoms with E-state index in [-0.39, 0.29) is 5.43 Å². The smallest absolute Gasteiger partial charge is 0.225 e. The average Bonchev–Trinajstić information content (AvgIpc) is 2.68. The Hall–Kier alpha value is -2.25. The molecule has 2 aromatic heterocycles. The van der Waals surface area contributed by atoms with Crippen LogP contribution in [0.1, 0.15) is 35.8 Å². The molecular weight excluding hydrogens is 342 g/mol. The number of pyridine rings is 1. The Bertz CT molecular complexity index is 831. The molecule has 0 bridgehead atoms. The van der Waals surface area contributed by atoms with Gasteiger partial charge in [-0.1, -0.05) is 0 Å². The highest BCUT2D eigenvalue weighted by molar-refractivity contribution is 5.30. The van der Waals surface area contributed by atoms with Gasteiger partial charge in [-0.3, -0.25) is 9.69 Å². The number of H-pyrrole nitrogens is 1. The van der Waals surface area contributed by atoms with Gasteiger partial charge in [0, 0.05) is 61.8 Å². The lowest BCUT2D eigenvalue weighted by atomic mass is 9.94. The SMILES string of the molecule is Cc1cc(=O)cc(C2CCCN(Cc3ccnc(N4CCOCC4)n3)C2)[nH]1. The van der Waals surface area contributed by atoms with Gasteiger partial charge in [0.2, 0.25) is 5.95 Å². The lowest BCUT2D eigenvalue weighted by Gasteiger charge is -2.33. The fourth-order valence-corrected chi connectivity index (χ4v) is 4.00. The summed E-state index contributed by atoms with van der Waals surface area (Å²) < 4.78 is 5.41. The summed E-state index contributed by atoms with van der Waals surface area (Å²) in [6.07, 6.45) is 4.09. The number of aromatic nitrogens is 3. The van der Waals surface area contributed by atoms with Crippen LogP contribution in [0.2, 0.25) is 0 Å². The largest absolute Gasteiger partial charge is 0.378 e. The minimum Gasteiger partial charge on any atom is -0.378 e. The molecule has 1 N–H and O–H groups in total. The first-order valence-corrected chi connectivity index (χ1v) is 9.75. The molecule has 2 aromatic rings. The maximum atomic E-state index is 11.9. The van der Waals surface area contributed by atoms with Gasteiger partial charge in [-0.25, -0.2) is 9.97 Å². The molecule has 1 atom stereocenters. The second-order valence-corrected chi connectivity index (χ2v) is 7.48. The van der Waals surface area contributed by atoms with Crippen molar-refractivity contribution in [3.8, 4) is 0 Å². The summed E-state index contributed by atoms with van der Waals surface area (Å²) in [4.78, 5) is 29.1. The second kappa shape index (κ2) is 8.19. The Balaban J connectivity index is 1.44. The van der Waals surface area contributed by atoms with E-state index in [9.17, 15) is 4.79 Å². The van der Waals surface area contributed by atoms with Gasteiger partial charge in [-0.15, -0.1) is 0 Å². The van der Waals surface area contributed by atoms with Crippen LogP contribution in [0, 0.1) is 6.92 Å². The van der Waals surface area contributed by atoms with Crippen LogP contribution in [0.25, 0.3) is 0 Å². The van der Waals surface area contributed by atoms with Gasteiger partial charge in [0.1, 0.15) is 0 Å². The summed E-state index contributed by atoms with van der Waals surface area (Å²) in [6.45, 7) is 7.91. The molecule has 2 fully saturated rings. The highest BCUT2D eigenvalue weighted by atomic mass is 16.5. The van der Waals surface area contributed by atoms with Crippen LogP contribution in [-0.2, 0) is 11.3 Å². The molecule has 0 aromatic carbocycles. The van der Waals surface area contributed by atoms with E-state index in [1.807, 2.05) is 19.2 Å². The van der Waals surface area contributed by atoms with Crippen molar-refractivity contribution in [1.82, 2.24) is 19.9 Å². The normalized spacial score (nSPS) is 21.4. The first-order valence-electron chi connectivity index (χ1n) is 9.75. The Labute approximate surface area is 159 Å². The van der Waals surface area contributed by atoms with Gasteiger partial charge < -0.3 is 14.6 Å². The standard InChI is InChI=1S/C20H27N5O2/c1-15-11-18(26)12-19(22-15)16-3-2-6-24(13-16)14-17-4-5-21-20(23-17)25-7-9-27-10-8-25/h4-5,11-12,16H,2-3,6-10,13-14H2,1H3,(H,22,26). The lowest BCUT2D eigenvalue weighted by Crippen LogP contribution is -2.38. The van der Waals surface area contributed by atoms with Crippen LogP contribution in [0.15, 0.2) is 29.2 Å². The zero-order chi connectivity index (χ0) is 18.6. The predicted molar refractivity (Wildman–Crippen MR) is 104 cm³/mol. The Morgan fingerprint density at radius 2 is 2.11 bits per heavy atom. The van der Waals surface area contributed by atoms with Crippen LogP contribution in [0.4, 0.5) is 5.95 Å². The van der Waals surface area contributed by atoms with Gasteiger partial charge in [-0.2, -0.15) is 0 Å². The Morgan fingerprint density at radius 3 is 2.93 bits per heavy atom. The fourth-order valence-electron chi connectivity index (χ4n) is 4.00. The molecule has 27 heavy (non-hydrogen) atoms. The van der Waals surface area contributed by atoms with E-state index in [0.29, 0.717) is 5.92 Å². The number of aromatic amines is 1. The minimum absolute atomic E-state index is 0.0873. The molecule has 7 nitrogen and oxygen atoms in total. The summed E-state index contributed by atoms with van der Waals surface area (Å²) in [5, 5.41) is 0. The summed E-state index contributed by atoms with van der Waals surface area (Å²) in [6, 6.07) is 5.41. The molecule has 2 aliphatic heterocycles. The number of aryl methyl sites for hydroxylation is 1. The Kier molecular flexibility index (Phi) is 5.50. The Morgan fingerprint density at radius 1 is 1.26 bits per heavy atom. The molecule has 0 radical (unpaired) electrons. The quantitative estimate of drug-likeness (QED) is 0.884. The van der Waals surface area contributed by atoms with Gasteiger partial charge in [-0.05, 0) is 32.4 Å². The summed E-state index contributed by atoms with van der Waals surface area (Å²) in [5.74, 6) is 1.17. The summed E-state index contributed by atoms with van der Waals surface area (Å²) in [7, 11) is 0. The number of likely N-dealkylation sites (tertiary alicyclic amines) is 1. The number of morpholine rings is 1. The molecule has 0 amide bonds. The molecule has 2 saturated heterocycles. The molecule has 4 heterocycles. The number of ether oxygens (including phenoxy) is 1. The van der Waals surface area contributed by atoms with Gasteiger partial charge in [0.15, 0.2) is 5.43 Å². The predicted octanol–water partition coefficient (Wildman–Crippen LogP) is 1.69. The number of nitrogens with one attached hydrogen (secondary N) is 1. The van der Waals surface area contributed by atoms with E-state index < -0.39 is 0 Å². The van der Waals surface area contributed by atoms with Crippen LogP contribution in [-0.4, -0.2) is 59.2 Å². The molecular formula is C20H27N5O2. The molecule has 7 heteroatoms. The van der Waals surface area contributed by atoms with Gasteiger partial charge in [0.05, 0.1) is 18.9 Å². The zero-order valence-electron chi connectivity index (χ0n) is 15.9. The fraction of sp³-hybridized carbons (Fsp3) is 0.550. The highest BCUT2D eigenvalue weighted by Gasteiger charge is 2.23. The van der Waals surface area contributed by atoms with E-state index >= 15 is 0 Å². The second-order valence-electron chi connectivity index (χ2n) is 7.48. The van der Waals surface area contributed by atoms with E-state index in [2.05, 4.69) is 19.8 Å². The third-order valence-electron chi connectivity index (χ3n) is 5.32. The van der Waals surface area contributed by atoms with Crippen molar-refractivity contribution in [3.63, 3.8) is 0 Å². The van der Waals surface area contributed by atoms with Crippen LogP contribution < -0.4 is 10.3 Å². The van der Waals surface area contributed by atoms with E-state index in [0.717, 1.165) is 81.8 Å². The van der Waals surface area contributed by atoms with Crippen LogP contribution >= 0.6 is 0 Å². The summed E-state index contributed by atoms with van der Waals surface area (Å²) in [5.41, 5.74) is 3.12. The molecule has 0 spiro atoms. The van der Waals surface area contributed by atoms with Crippen molar-refractivity contribution in [2.75, 3.05) is 44.3 Å². The van der Waals surface area contributed by atoms with Crippen LogP contribution in [0.5, 0.6) is 0 Å². The number of nitrogens with zero attached hydrogens (tertiary/aromatic N) is 4. The highest BCUT2D eigenvalue weighted by Crippen LogP contribution is 2.26. The van der Waals surface area contributed by atoms with Gasteiger partial charge in [0.25, 0.3) is 0 Å². The third kappa shape index (κ3) is 4.54. The van der Waals surface area contributed by atoms with Crippen molar-refractivity contribution in [3.05, 3.63) is 51.7 Å². The summed E-state index contributed by atoms with van der Waals surface area (Å²) >= 11 is 0.